The lowest BCUT2D eigenvalue weighted by Gasteiger charge is -2.29. The maximum atomic E-state index is 5.57. The number of hydrogen-bond acceptors (Lipinski definition) is 2. The molecule has 2 heteroatoms. The monoisotopic (exact) mass is 291 g/mol. The first-order chi connectivity index (χ1) is 9.63. The summed E-state index contributed by atoms with van der Waals surface area (Å²) in [5.41, 5.74) is 2.86. The van der Waals surface area contributed by atoms with Crippen LogP contribution >= 0.6 is 0 Å². The summed E-state index contributed by atoms with van der Waals surface area (Å²) in [7, 11) is 1.80. The highest BCUT2D eigenvalue weighted by Gasteiger charge is 2.21. The molecule has 1 aromatic carbocycles. The minimum atomic E-state index is -0.0518. The number of nitrogens with one attached hydrogen (secondary N) is 1. The van der Waals surface area contributed by atoms with Gasteiger partial charge in [-0.05, 0) is 65.9 Å². The van der Waals surface area contributed by atoms with Crippen molar-refractivity contribution in [2.45, 2.75) is 71.4 Å². The highest BCUT2D eigenvalue weighted by Crippen LogP contribution is 2.27. The number of benzene rings is 1. The number of methoxy groups -OCH3 is 1. The first-order valence-electron chi connectivity index (χ1n) is 8.00. The van der Waals surface area contributed by atoms with Crippen molar-refractivity contribution in [1.82, 2.24) is 5.32 Å². The van der Waals surface area contributed by atoms with Gasteiger partial charge in [-0.15, -0.1) is 0 Å². The summed E-state index contributed by atoms with van der Waals surface area (Å²) in [6, 6.07) is 8.89. The molecule has 0 amide bonds. The molecule has 0 spiro atoms. The van der Waals surface area contributed by atoms with E-state index in [2.05, 4.69) is 71.1 Å². The Bertz CT molecular complexity index is 431. The van der Waals surface area contributed by atoms with Gasteiger partial charge < -0.3 is 10.1 Å². The van der Waals surface area contributed by atoms with E-state index in [1.54, 1.807) is 7.11 Å². The summed E-state index contributed by atoms with van der Waals surface area (Å²) in [5, 5.41) is 3.65. The van der Waals surface area contributed by atoms with Crippen LogP contribution in [0.4, 0.5) is 0 Å². The van der Waals surface area contributed by atoms with Crippen molar-refractivity contribution in [1.29, 1.82) is 0 Å². The highest BCUT2D eigenvalue weighted by atomic mass is 16.5. The van der Waals surface area contributed by atoms with Crippen molar-refractivity contribution >= 4 is 0 Å². The molecule has 1 aromatic rings. The zero-order chi connectivity index (χ0) is 16.1. The second-order valence-electron chi connectivity index (χ2n) is 7.74. The summed E-state index contributed by atoms with van der Waals surface area (Å²) in [6.45, 7) is 14.2. The van der Waals surface area contributed by atoms with E-state index < -0.39 is 0 Å². The number of ether oxygens (including phenoxy) is 1. The predicted molar refractivity (Wildman–Crippen MR) is 92.0 cm³/mol. The molecule has 0 aliphatic heterocycles. The van der Waals surface area contributed by atoms with Crippen molar-refractivity contribution in [3.05, 3.63) is 35.4 Å². The molecule has 21 heavy (non-hydrogen) atoms. The summed E-state index contributed by atoms with van der Waals surface area (Å²) in [5.74, 6) is 0.526. The third kappa shape index (κ3) is 7.10. The van der Waals surface area contributed by atoms with Crippen molar-refractivity contribution in [2.24, 2.45) is 0 Å². The van der Waals surface area contributed by atoms with E-state index in [9.17, 15) is 0 Å². The van der Waals surface area contributed by atoms with Crippen LogP contribution in [-0.2, 0) is 4.74 Å². The largest absolute Gasteiger partial charge is 0.379 e. The molecule has 0 aromatic heterocycles. The van der Waals surface area contributed by atoms with Crippen LogP contribution in [0.1, 0.15) is 64.5 Å². The van der Waals surface area contributed by atoms with Gasteiger partial charge in [-0.25, -0.2) is 0 Å². The number of aryl methyl sites for hydroxylation is 1. The first kappa shape index (κ1) is 18.2. The van der Waals surface area contributed by atoms with Crippen LogP contribution in [0.2, 0.25) is 0 Å². The fraction of sp³-hybridized carbons (Fsp3) is 0.684. The van der Waals surface area contributed by atoms with Gasteiger partial charge in [0.1, 0.15) is 0 Å². The average molecular weight is 291 g/mol. The van der Waals surface area contributed by atoms with Crippen molar-refractivity contribution in [3.63, 3.8) is 0 Å². The van der Waals surface area contributed by atoms with Gasteiger partial charge in [0, 0.05) is 19.2 Å². The molecule has 2 nitrogen and oxygen atoms in total. The Kier molecular flexibility index (Phi) is 6.42. The third-order valence-electron chi connectivity index (χ3n) is 4.04. The topological polar surface area (TPSA) is 21.3 Å². The standard InChI is InChI=1S/C19H33NO/c1-15-9-8-10-16(13-15)17(14-20-18(2,3)4)11-12-19(5,6)21-7/h8-10,13,17,20H,11-12,14H2,1-7H3. The lowest BCUT2D eigenvalue weighted by atomic mass is 9.88. The summed E-state index contributed by atoms with van der Waals surface area (Å²) in [6.07, 6.45) is 2.20. The Balaban J connectivity index is 2.79. The second-order valence-corrected chi connectivity index (χ2v) is 7.74. The molecule has 0 aliphatic carbocycles. The minimum absolute atomic E-state index is 0.0518. The van der Waals surface area contributed by atoms with Gasteiger partial charge in [0.05, 0.1) is 5.60 Å². The molecule has 1 N–H and O–H groups in total. The van der Waals surface area contributed by atoms with E-state index in [0.29, 0.717) is 5.92 Å². The fourth-order valence-corrected chi connectivity index (χ4v) is 2.36. The van der Waals surface area contributed by atoms with Crippen molar-refractivity contribution in [2.75, 3.05) is 13.7 Å². The highest BCUT2D eigenvalue weighted by molar-refractivity contribution is 5.26. The zero-order valence-electron chi connectivity index (χ0n) is 14.9. The Labute approximate surface area is 131 Å². The average Bonchev–Trinajstić information content (AvgIpc) is 2.37. The van der Waals surface area contributed by atoms with Crippen LogP contribution in [0.25, 0.3) is 0 Å². The van der Waals surface area contributed by atoms with Gasteiger partial charge in [0.2, 0.25) is 0 Å². The number of rotatable bonds is 7. The quantitative estimate of drug-likeness (QED) is 0.788. The van der Waals surface area contributed by atoms with Crippen LogP contribution in [0.3, 0.4) is 0 Å². The molecular weight excluding hydrogens is 258 g/mol. The molecular formula is C19H33NO. The predicted octanol–water partition coefficient (Wildman–Crippen LogP) is 4.67. The van der Waals surface area contributed by atoms with Gasteiger partial charge in [-0.3, -0.25) is 0 Å². The Morgan fingerprint density at radius 3 is 2.33 bits per heavy atom. The molecule has 0 radical (unpaired) electrons. The Morgan fingerprint density at radius 2 is 1.81 bits per heavy atom. The minimum Gasteiger partial charge on any atom is -0.379 e. The zero-order valence-corrected chi connectivity index (χ0v) is 14.9. The third-order valence-corrected chi connectivity index (χ3v) is 4.04. The van der Waals surface area contributed by atoms with Crippen LogP contribution < -0.4 is 5.32 Å². The molecule has 1 unspecified atom stereocenters. The van der Waals surface area contributed by atoms with Gasteiger partial charge in [0.25, 0.3) is 0 Å². The van der Waals surface area contributed by atoms with Gasteiger partial charge in [0.15, 0.2) is 0 Å². The fourth-order valence-electron chi connectivity index (χ4n) is 2.36. The van der Waals surface area contributed by atoms with Gasteiger partial charge in [-0.1, -0.05) is 29.8 Å². The molecule has 0 saturated carbocycles. The molecule has 0 aliphatic rings. The van der Waals surface area contributed by atoms with Crippen LogP contribution in [0, 0.1) is 6.92 Å². The second kappa shape index (κ2) is 7.42. The molecule has 120 valence electrons. The SMILES string of the molecule is COC(C)(C)CCC(CNC(C)(C)C)c1cccc(C)c1. The van der Waals surface area contributed by atoms with Gasteiger partial charge >= 0.3 is 0 Å². The molecule has 1 atom stereocenters. The Morgan fingerprint density at radius 1 is 1.14 bits per heavy atom. The smallest absolute Gasteiger partial charge is 0.0623 e. The van der Waals surface area contributed by atoms with Crippen LogP contribution in [-0.4, -0.2) is 24.8 Å². The van der Waals surface area contributed by atoms with Crippen LogP contribution in [0.5, 0.6) is 0 Å². The summed E-state index contributed by atoms with van der Waals surface area (Å²) in [4.78, 5) is 0. The summed E-state index contributed by atoms with van der Waals surface area (Å²) >= 11 is 0. The van der Waals surface area contributed by atoms with E-state index in [-0.39, 0.29) is 11.1 Å². The molecule has 0 fully saturated rings. The lowest BCUT2D eigenvalue weighted by molar-refractivity contribution is 0.0123. The van der Waals surface area contributed by atoms with E-state index >= 15 is 0 Å². The van der Waals surface area contributed by atoms with Crippen LogP contribution in [0.15, 0.2) is 24.3 Å². The van der Waals surface area contributed by atoms with E-state index in [0.717, 1.165) is 19.4 Å². The maximum absolute atomic E-state index is 5.57. The maximum Gasteiger partial charge on any atom is 0.0623 e. The number of hydrogen-bond donors (Lipinski definition) is 1. The normalized spacial score (nSPS) is 14.2. The van der Waals surface area contributed by atoms with E-state index in [4.69, 9.17) is 4.74 Å². The lowest BCUT2D eigenvalue weighted by Crippen LogP contribution is -2.39. The van der Waals surface area contributed by atoms with E-state index in [1.165, 1.54) is 11.1 Å². The summed E-state index contributed by atoms with van der Waals surface area (Å²) < 4.78 is 5.57. The first-order valence-corrected chi connectivity index (χ1v) is 8.00. The molecule has 0 bridgehead atoms. The van der Waals surface area contributed by atoms with Gasteiger partial charge in [-0.2, -0.15) is 0 Å². The molecule has 1 rings (SSSR count). The van der Waals surface area contributed by atoms with Crippen molar-refractivity contribution < 1.29 is 4.74 Å². The van der Waals surface area contributed by atoms with Crippen molar-refractivity contribution in [3.8, 4) is 0 Å². The molecule has 0 saturated heterocycles. The Hall–Kier alpha value is -0.860. The van der Waals surface area contributed by atoms with E-state index in [1.807, 2.05) is 0 Å². The molecule has 0 heterocycles.